The van der Waals surface area contributed by atoms with Crippen LogP contribution in [0.5, 0.6) is 0 Å². The molecule has 0 aliphatic heterocycles. The van der Waals surface area contributed by atoms with Crippen LogP contribution >= 0.6 is 0 Å². The van der Waals surface area contributed by atoms with Gasteiger partial charge in [-0.05, 0) is 12.8 Å². The maximum atomic E-state index is 9.86. The Bertz CT molecular complexity index is 154. The van der Waals surface area contributed by atoms with Gasteiger partial charge in [-0.3, -0.25) is 0 Å². The Kier molecular flexibility index (Phi) is 26.5. The molecule has 8 heteroatoms. The summed E-state index contributed by atoms with van der Waals surface area (Å²) in [5.41, 5.74) is 4.91. The first-order valence-corrected chi connectivity index (χ1v) is 2.70. The second kappa shape index (κ2) is 14.1. The molecule has 0 radical (unpaired) electrons. The van der Waals surface area contributed by atoms with Crippen molar-refractivity contribution in [1.29, 1.82) is 0 Å². The fourth-order valence-electron chi connectivity index (χ4n) is 0.391. The van der Waals surface area contributed by atoms with Gasteiger partial charge in [0.05, 0.1) is 5.97 Å². The molecule has 0 aromatic carbocycles. The van der Waals surface area contributed by atoms with Gasteiger partial charge < -0.3 is 31.0 Å². The van der Waals surface area contributed by atoms with E-state index in [4.69, 9.17) is 5.73 Å². The average molecular weight is 241 g/mol. The van der Waals surface area contributed by atoms with Crippen molar-refractivity contribution in [3.05, 3.63) is 0 Å². The van der Waals surface area contributed by atoms with E-state index in [1.807, 2.05) is 0 Å². The van der Waals surface area contributed by atoms with Crippen molar-refractivity contribution in [3.8, 4) is 0 Å². The summed E-state index contributed by atoms with van der Waals surface area (Å²) < 4.78 is 0. The van der Waals surface area contributed by atoms with Crippen molar-refractivity contribution in [3.63, 3.8) is 0 Å². The Morgan fingerprint density at radius 2 is 1.62 bits per heavy atom. The van der Waals surface area contributed by atoms with E-state index in [0.717, 1.165) is 0 Å². The second-order valence-corrected chi connectivity index (χ2v) is 1.84. The minimum atomic E-state index is -1.44. The van der Waals surface area contributed by atoms with Crippen molar-refractivity contribution in [1.82, 2.24) is 0 Å². The van der Waals surface area contributed by atoms with Gasteiger partial charge in [0.15, 0.2) is 0 Å². The van der Waals surface area contributed by atoms with E-state index in [0.29, 0.717) is 0 Å². The second-order valence-electron chi connectivity index (χ2n) is 1.84. The summed E-state index contributed by atoms with van der Waals surface area (Å²) in [4.78, 5) is 19.6. The van der Waals surface area contributed by atoms with Gasteiger partial charge >= 0.3 is 103 Å². The van der Waals surface area contributed by atoms with E-state index in [2.05, 4.69) is 0 Å². The molecule has 0 aromatic heterocycles. The minimum absolute atomic E-state index is 0. The molecule has 0 bridgehead atoms. The minimum Gasteiger partial charge on any atom is -0.550 e. The number of carbonyl (C=O) groups is 2. The van der Waals surface area contributed by atoms with Gasteiger partial charge in [-0.25, -0.2) is 0 Å². The summed E-state index contributed by atoms with van der Waals surface area (Å²) in [6.07, 6.45) is -0.500. The molecule has 0 spiro atoms. The Labute approximate surface area is 161 Å². The van der Waals surface area contributed by atoms with E-state index >= 15 is 0 Å². The molecule has 0 heterocycles. The van der Waals surface area contributed by atoms with Crippen molar-refractivity contribution in [2.45, 2.75) is 18.9 Å². The Morgan fingerprint density at radius 1 is 1.23 bits per heavy atom. The van der Waals surface area contributed by atoms with Gasteiger partial charge in [0.2, 0.25) is 0 Å². The molecule has 66 valence electrons. The van der Waals surface area contributed by atoms with Crippen LogP contribution < -0.4 is 119 Å². The van der Waals surface area contributed by atoms with Gasteiger partial charge in [-0.2, -0.15) is 0 Å². The summed E-state index contributed by atoms with van der Waals surface area (Å²) >= 11 is 0. The molecule has 0 aliphatic rings. The van der Waals surface area contributed by atoms with Crippen LogP contribution in [-0.2, 0) is 9.59 Å². The third-order valence-electron chi connectivity index (χ3n) is 0.962. The number of rotatable bonds is 4. The Morgan fingerprint density at radius 3 is 1.85 bits per heavy atom. The van der Waals surface area contributed by atoms with Gasteiger partial charge in [0.25, 0.3) is 0 Å². The molecular weight excluding hydrogens is 232 g/mol. The fraction of sp³-hybridized carbons (Fsp3) is 0.600. The van der Waals surface area contributed by atoms with Crippen LogP contribution in [0.3, 0.4) is 0 Å². The quantitative estimate of drug-likeness (QED) is 0.487. The zero-order chi connectivity index (χ0) is 8.15. The summed E-state index contributed by atoms with van der Waals surface area (Å²) in [5, 5.41) is 19.6. The van der Waals surface area contributed by atoms with Crippen LogP contribution in [0.1, 0.15) is 12.8 Å². The zero-order valence-corrected chi connectivity index (χ0v) is 13.9. The Hall–Kier alpha value is 2.13. The van der Waals surface area contributed by atoms with E-state index in [-0.39, 0.29) is 121 Å². The van der Waals surface area contributed by atoms with Crippen molar-refractivity contribution < 1.29 is 128 Å². The molecule has 1 unspecified atom stereocenters. The number of carboxylic acid groups (broad SMARTS) is 2. The van der Waals surface area contributed by atoms with E-state index in [1.165, 1.54) is 0 Å². The molecule has 0 aliphatic carbocycles. The summed E-state index contributed by atoms with van der Waals surface area (Å²) in [6.45, 7) is 0. The molecule has 0 saturated carbocycles. The molecule has 6 nitrogen and oxygen atoms in total. The van der Waals surface area contributed by atoms with Crippen LogP contribution in [0.15, 0.2) is 0 Å². The SMILES string of the molecule is NC(CCC(=O)[O-])C(=O)[O-].O.[K+].[K+]. The number of nitrogens with two attached hydrogens (primary N) is 1. The van der Waals surface area contributed by atoms with Crippen molar-refractivity contribution in [2.75, 3.05) is 0 Å². The number of hydrogen-bond donors (Lipinski definition) is 1. The van der Waals surface area contributed by atoms with Crippen LogP contribution in [-0.4, -0.2) is 23.5 Å². The molecule has 13 heavy (non-hydrogen) atoms. The molecular formula is C5H9K2NO5. The number of carbonyl (C=O) groups excluding carboxylic acids is 2. The van der Waals surface area contributed by atoms with Gasteiger partial charge in [0, 0.05) is 12.0 Å². The Balaban J connectivity index is -0.000000135. The normalized spacial score (nSPS) is 9.62. The van der Waals surface area contributed by atoms with Crippen LogP contribution in [0.2, 0.25) is 0 Å². The van der Waals surface area contributed by atoms with Gasteiger partial charge in [-0.1, -0.05) is 0 Å². The molecule has 0 saturated heterocycles. The number of aliphatic carboxylic acids is 2. The van der Waals surface area contributed by atoms with E-state index in [1.54, 1.807) is 0 Å². The fourth-order valence-corrected chi connectivity index (χ4v) is 0.391. The predicted octanol–water partition coefficient (Wildman–Crippen LogP) is -10.2. The maximum Gasteiger partial charge on any atom is 1.00 e. The predicted molar refractivity (Wildman–Crippen MR) is 30.8 cm³/mol. The summed E-state index contributed by atoms with van der Waals surface area (Å²) in [6, 6.07) is -1.21. The molecule has 1 atom stereocenters. The van der Waals surface area contributed by atoms with E-state index < -0.39 is 18.0 Å². The first kappa shape index (κ1) is 24.4. The van der Waals surface area contributed by atoms with Crippen LogP contribution in [0, 0.1) is 0 Å². The third kappa shape index (κ3) is 16.8. The molecule has 0 amide bonds. The zero-order valence-electron chi connectivity index (χ0n) is 7.70. The molecule has 0 aromatic rings. The van der Waals surface area contributed by atoms with Crippen LogP contribution in [0.25, 0.3) is 0 Å². The van der Waals surface area contributed by atoms with E-state index in [9.17, 15) is 19.8 Å². The monoisotopic (exact) mass is 241 g/mol. The van der Waals surface area contributed by atoms with Gasteiger partial charge in [-0.15, -0.1) is 0 Å². The average Bonchev–Trinajstić information content (AvgIpc) is 1.82. The third-order valence-corrected chi connectivity index (χ3v) is 0.962. The smallest absolute Gasteiger partial charge is 0.550 e. The number of carboxylic acids is 2. The molecule has 0 rings (SSSR count). The summed E-state index contributed by atoms with van der Waals surface area (Å²) in [7, 11) is 0. The first-order valence-electron chi connectivity index (χ1n) is 2.70. The standard InChI is InChI=1S/C5H9NO4.2K.H2O/c6-3(5(9)10)1-2-4(7)8;;;/h3H,1-2,6H2,(H,7,8)(H,9,10);;;1H2/q;2*+1;/p-2. The van der Waals surface area contributed by atoms with Crippen LogP contribution in [0.4, 0.5) is 0 Å². The molecule has 4 N–H and O–H groups in total. The first-order chi connectivity index (χ1) is 4.54. The molecule has 0 fully saturated rings. The van der Waals surface area contributed by atoms with Gasteiger partial charge in [0.1, 0.15) is 0 Å². The van der Waals surface area contributed by atoms with Crippen molar-refractivity contribution in [2.24, 2.45) is 5.73 Å². The maximum absolute atomic E-state index is 9.86. The largest absolute Gasteiger partial charge is 1.00 e. The number of hydrogen-bond acceptors (Lipinski definition) is 5. The van der Waals surface area contributed by atoms with Crippen molar-refractivity contribution >= 4 is 11.9 Å². The topological polar surface area (TPSA) is 138 Å². The summed E-state index contributed by atoms with van der Waals surface area (Å²) in [5.74, 6) is -2.75.